The summed E-state index contributed by atoms with van der Waals surface area (Å²) < 4.78 is 5.94. The van der Waals surface area contributed by atoms with Crippen LogP contribution >= 0.6 is 0 Å². The third-order valence-corrected chi connectivity index (χ3v) is 9.23. The van der Waals surface area contributed by atoms with Gasteiger partial charge in [-0.3, -0.25) is 0 Å². The van der Waals surface area contributed by atoms with Gasteiger partial charge in [-0.25, -0.2) is 4.79 Å². The van der Waals surface area contributed by atoms with E-state index in [9.17, 15) is 4.79 Å². The summed E-state index contributed by atoms with van der Waals surface area (Å²) in [6.07, 6.45) is 15.2. The molecule has 0 spiro atoms. The minimum atomic E-state index is -0.145. The van der Waals surface area contributed by atoms with Gasteiger partial charge in [-0.15, -0.1) is 0 Å². The van der Waals surface area contributed by atoms with Gasteiger partial charge in [0.2, 0.25) is 0 Å². The Kier molecular flexibility index (Phi) is 4.45. The van der Waals surface area contributed by atoms with E-state index in [0.29, 0.717) is 16.4 Å². The predicted octanol–water partition coefficient (Wildman–Crippen LogP) is 6.42. The topological polar surface area (TPSA) is 26.3 Å². The zero-order chi connectivity index (χ0) is 19.4. The summed E-state index contributed by atoms with van der Waals surface area (Å²) in [6, 6.07) is 9.47. The highest BCUT2D eigenvalue weighted by atomic mass is 16.5. The molecule has 0 aromatic heterocycles. The Balaban J connectivity index is 1.28. The molecule has 3 saturated carbocycles. The quantitative estimate of drug-likeness (QED) is 0.438. The SMILES string of the molecule is C[C@]12CC[C@@H](OC(=O)c3ccccc3)C[C@@H]1CC[C@H]1[C@H]2CC[C@]2(C)C=CC[C@@H]12. The number of hydrogen-bond donors (Lipinski definition) is 0. The number of hydrogen-bond acceptors (Lipinski definition) is 2. The molecule has 0 N–H and O–H groups in total. The average molecular weight is 379 g/mol. The van der Waals surface area contributed by atoms with Crippen LogP contribution in [0.1, 0.15) is 75.6 Å². The van der Waals surface area contributed by atoms with Crippen molar-refractivity contribution in [2.24, 2.45) is 34.5 Å². The van der Waals surface area contributed by atoms with Crippen molar-refractivity contribution in [1.82, 2.24) is 0 Å². The van der Waals surface area contributed by atoms with Crippen LogP contribution < -0.4 is 0 Å². The Morgan fingerprint density at radius 1 is 1.00 bits per heavy atom. The van der Waals surface area contributed by atoms with Crippen LogP contribution in [-0.2, 0) is 4.74 Å². The second kappa shape index (κ2) is 6.75. The van der Waals surface area contributed by atoms with E-state index in [1.165, 1.54) is 38.5 Å². The molecule has 1 aromatic carbocycles. The number of carbonyl (C=O) groups is 1. The number of ether oxygens (including phenoxy) is 1. The van der Waals surface area contributed by atoms with Gasteiger partial charge in [0.1, 0.15) is 6.10 Å². The lowest BCUT2D eigenvalue weighted by Gasteiger charge is -2.60. The highest BCUT2D eigenvalue weighted by molar-refractivity contribution is 5.89. The van der Waals surface area contributed by atoms with Crippen LogP contribution in [0.2, 0.25) is 0 Å². The molecule has 0 radical (unpaired) electrons. The maximum absolute atomic E-state index is 12.5. The number of esters is 1. The van der Waals surface area contributed by atoms with E-state index in [0.717, 1.165) is 36.5 Å². The molecule has 0 bridgehead atoms. The van der Waals surface area contributed by atoms with Gasteiger partial charge in [-0.1, -0.05) is 44.2 Å². The van der Waals surface area contributed by atoms with Gasteiger partial charge < -0.3 is 4.74 Å². The van der Waals surface area contributed by atoms with E-state index >= 15 is 0 Å². The minimum absolute atomic E-state index is 0.101. The maximum Gasteiger partial charge on any atom is 0.338 e. The Hall–Kier alpha value is -1.57. The van der Waals surface area contributed by atoms with Gasteiger partial charge in [-0.05, 0) is 98.0 Å². The van der Waals surface area contributed by atoms with Gasteiger partial charge in [-0.2, -0.15) is 0 Å². The number of carbonyl (C=O) groups excluding carboxylic acids is 1. The van der Waals surface area contributed by atoms with E-state index in [1.807, 2.05) is 30.3 Å². The maximum atomic E-state index is 12.5. The Bertz CT molecular complexity index is 768. The standard InChI is InChI=1S/C26H34O2/c1-25-14-6-9-22(25)21-11-10-19-17-20(12-16-26(19,2)23(21)13-15-25)28-24(27)18-7-4-3-5-8-18/h3-8,14,19-23H,9-13,15-17H2,1-2H3/t19-,20+,21+,22-,23+,25-,26-/m0/s1. The second-order valence-corrected chi connectivity index (χ2v) is 10.5. The molecule has 2 nitrogen and oxygen atoms in total. The first kappa shape index (κ1) is 18.5. The van der Waals surface area contributed by atoms with Crippen LogP contribution in [0.4, 0.5) is 0 Å². The molecule has 150 valence electrons. The van der Waals surface area contributed by atoms with E-state index < -0.39 is 0 Å². The van der Waals surface area contributed by atoms with Crippen molar-refractivity contribution in [2.75, 3.05) is 0 Å². The van der Waals surface area contributed by atoms with Gasteiger partial charge in [0.15, 0.2) is 0 Å². The lowest BCUT2D eigenvalue weighted by molar-refractivity contribution is -0.118. The summed E-state index contributed by atoms with van der Waals surface area (Å²) in [5.74, 6) is 3.22. The largest absolute Gasteiger partial charge is 0.459 e. The van der Waals surface area contributed by atoms with E-state index in [-0.39, 0.29) is 12.1 Å². The number of allylic oxidation sites excluding steroid dienone is 2. The fraction of sp³-hybridized carbons (Fsp3) is 0.654. The number of fused-ring (bicyclic) bond motifs is 5. The van der Waals surface area contributed by atoms with E-state index in [1.54, 1.807) is 0 Å². The van der Waals surface area contributed by atoms with Crippen LogP contribution in [0, 0.1) is 34.5 Å². The molecular formula is C26H34O2. The molecule has 0 heterocycles. The fourth-order valence-electron chi connectivity index (χ4n) is 7.60. The third kappa shape index (κ3) is 2.86. The van der Waals surface area contributed by atoms with Crippen molar-refractivity contribution < 1.29 is 9.53 Å². The van der Waals surface area contributed by atoms with Crippen molar-refractivity contribution in [3.05, 3.63) is 48.0 Å². The minimum Gasteiger partial charge on any atom is -0.459 e. The van der Waals surface area contributed by atoms with Crippen molar-refractivity contribution in [3.63, 3.8) is 0 Å². The first-order chi connectivity index (χ1) is 13.5. The van der Waals surface area contributed by atoms with Crippen LogP contribution in [0.5, 0.6) is 0 Å². The first-order valence-corrected chi connectivity index (χ1v) is 11.4. The van der Waals surface area contributed by atoms with Crippen molar-refractivity contribution in [2.45, 2.75) is 71.3 Å². The molecule has 7 atom stereocenters. The molecule has 4 aliphatic rings. The molecule has 0 amide bonds. The molecule has 3 fully saturated rings. The summed E-state index contributed by atoms with van der Waals surface area (Å²) >= 11 is 0. The van der Waals surface area contributed by atoms with E-state index in [4.69, 9.17) is 4.74 Å². The molecule has 4 aliphatic carbocycles. The van der Waals surface area contributed by atoms with Gasteiger partial charge >= 0.3 is 5.97 Å². The Morgan fingerprint density at radius 2 is 1.82 bits per heavy atom. The van der Waals surface area contributed by atoms with Gasteiger partial charge in [0.05, 0.1) is 5.56 Å². The molecule has 5 rings (SSSR count). The highest BCUT2D eigenvalue weighted by Crippen LogP contribution is 2.65. The van der Waals surface area contributed by atoms with Crippen LogP contribution in [0.15, 0.2) is 42.5 Å². The Morgan fingerprint density at radius 3 is 2.64 bits per heavy atom. The van der Waals surface area contributed by atoms with Crippen LogP contribution in [-0.4, -0.2) is 12.1 Å². The van der Waals surface area contributed by atoms with Crippen molar-refractivity contribution in [1.29, 1.82) is 0 Å². The highest BCUT2D eigenvalue weighted by Gasteiger charge is 2.57. The zero-order valence-corrected chi connectivity index (χ0v) is 17.4. The lowest BCUT2D eigenvalue weighted by atomic mass is 9.45. The summed E-state index contributed by atoms with van der Waals surface area (Å²) in [6.45, 7) is 5.08. The van der Waals surface area contributed by atoms with Crippen molar-refractivity contribution in [3.8, 4) is 0 Å². The average Bonchev–Trinajstić information content (AvgIpc) is 3.11. The monoisotopic (exact) mass is 378 g/mol. The van der Waals surface area contributed by atoms with Crippen LogP contribution in [0.3, 0.4) is 0 Å². The normalized spacial score (nSPS) is 44.3. The van der Waals surface area contributed by atoms with Crippen molar-refractivity contribution >= 4 is 5.97 Å². The molecule has 2 heteroatoms. The first-order valence-electron chi connectivity index (χ1n) is 11.4. The third-order valence-electron chi connectivity index (χ3n) is 9.23. The number of rotatable bonds is 2. The van der Waals surface area contributed by atoms with Gasteiger partial charge in [0, 0.05) is 0 Å². The molecule has 0 aliphatic heterocycles. The smallest absolute Gasteiger partial charge is 0.338 e. The molecule has 28 heavy (non-hydrogen) atoms. The molecule has 0 saturated heterocycles. The second-order valence-electron chi connectivity index (χ2n) is 10.5. The lowest BCUT2D eigenvalue weighted by Crippen LogP contribution is -2.53. The summed E-state index contributed by atoms with van der Waals surface area (Å²) in [4.78, 5) is 12.5. The zero-order valence-electron chi connectivity index (χ0n) is 17.4. The number of benzene rings is 1. The Labute approximate surface area is 169 Å². The predicted molar refractivity (Wildman–Crippen MR) is 112 cm³/mol. The summed E-state index contributed by atoms with van der Waals surface area (Å²) in [5, 5.41) is 0. The molecule has 1 aromatic rings. The summed E-state index contributed by atoms with van der Waals surface area (Å²) in [7, 11) is 0. The summed E-state index contributed by atoms with van der Waals surface area (Å²) in [5.41, 5.74) is 1.59. The fourth-order valence-corrected chi connectivity index (χ4v) is 7.60. The van der Waals surface area contributed by atoms with E-state index in [2.05, 4.69) is 26.0 Å². The van der Waals surface area contributed by atoms with Gasteiger partial charge in [0.25, 0.3) is 0 Å². The molecular weight excluding hydrogens is 344 g/mol. The molecule has 0 unspecified atom stereocenters. The van der Waals surface area contributed by atoms with Crippen LogP contribution in [0.25, 0.3) is 0 Å².